The van der Waals surface area contributed by atoms with E-state index in [0.717, 1.165) is 32.5 Å². The fourth-order valence-corrected chi connectivity index (χ4v) is 3.44. The summed E-state index contributed by atoms with van der Waals surface area (Å²) in [5.41, 5.74) is 7.53. The third-order valence-corrected chi connectivity index (χ3v) is 5.24. The molecule has 0 aromatic carbocycles. The number of piperazine rings is 1. The third-order valence-electron chi connectivity index (χ3n) is 4.36. The van der Waals surface area contributed by atoms with E-state index in [4.69, 9.17) is 0 Å². The van der Waals surface area contributed by atoms with E-state index in [0.29, 0.717) is 0 Å². The Bertz CT molecular complexity index is 559. The van der Waals surface area contributed by atoms with Crippen molar-refractivity contribution in [2.75, 3.05) is 32.7 Å². The summed E-state index contributed by atoms with van der Waals surface area (Å²) in [6.07, 6.45) is 9.30. The summed E-state index contributed by atoms with van der Waals surface area (Å²) in [6, 6.07) is 0. The molecule has 1 fully saturated rings. The summed E-state index contributed by atoms with van der Waals surface area (Å²) >= 11 is 0. The van der Waals surface area contributed by atoms with Gasteiger partial charge >= 0.3 is 0 Å². The van der Waals surface area contributed by atoms with Crippen LogP contribution >= 0.6 is 0 Å². The van der Waals surface area contributed by atoms with Crippen molar-refractivity contribution < 1.29 is 0 Å². The minimum atomic E-state index is -1.34. The third kappa shape index (κ3) is 6.05. The molecule has 1 aliphatic carbocycles. The quantitative estimate of drug-likeness (QED) is 0.557. The van der Waals surface area contributed by atoms with Gasteiger partial charge in [-0.25, -0.2) is 0 Å². The van der Waals surface area contributed by atoms with Crippen molar-refractivity contribution >= 4 is 8.07 Å². The van der Waals surface area contributed by atoms with Gasteiger partial charge < -0.3 is 9.80 Å². The van der Waals surface area contributed by atoms with E-state index in [2.05, 4.69) is 73.0 Å². The lowest BCUT2D eigenvalue weighted by atomic mass is 10.0. The molecule has 0 aromatic heterocycles. The van der Waals surface area contributed by atoms with Crippen molar-refractivity contribution in [1.82, 2.24) is 9.80 Å². The zero-order valence-electron chi connectivity index (χ0n) is 15.6. The number of hydrogen-bond acceptors (Lipinski definition) is 2. The first-order valence-corrected chi connectivity index (χ1v) is 12.5. The van der Waals surface area contributed by atoms with Crippen LogP contribution in [-0.4, -0.2) is 50.6 Å². The molecule has 0 N–H and O–H groups in total. The van der Waals surface area contributed by atoms with Gasteiger partial charge in [0.2, 0.25) is 0 Å². The molecule has 0 amide bonds. The highest BCUT2D eigenvalue weighted by atomic mass is 28.3. The van der Waals surface area contributed by atoms with Crippen molar-refractivity contribution in [1.29, 1.82) is 0 Å². The molecule has 0 spiro atoms. The Morgan fingerprint density at radius 1 is 1.09 bits per heavy atom. The first-order valence-electron chi connectivity index (χ1n) is 8.97. The zero-order valence-corrected chi connectivity index (χ0v) is 16.6. The van der Waals surface area contributed by atoms with Gasteiger partial charge in [-0.05, 0) is 38.5 Å². The summed E-state index contributed by atoms with van der Waals surface area (Å²) in [7, 11) is -1.34. The fraction of sp³-hybridized carbons (Fsp3) is 0.600. The molecule has 1 heterocycles. The average molecular weight is 329 g/mol. The molecule has 0 unspecified atom stereocenters. The molecule has 0 bridgehead atoms. The van der Waals surface area contributed by atoms with Crippen LogP contribution in [-0.2, 0) is 0 Å². The Labute approximate surface area is 143 Å². The van der Waals surface area contributed by atoms with Crippen LogP contribution in [0.4, 0.5) is 0 Å². The van der Waals surface area contributed by atoms with Gasteiger partial charge in [0.05, 0.1) is 0 Å². The summed E-state index contributed by atoms with van der Waals surface area (Å²) in [6.45, 7) is 17.2. The van der Waals surface area contributed by atoms with Gasteiger partial charge in [0.25, 0.3) is 0 Å². The number of rotatable bonds is 2. The Morgan fingerprint density at radius 2 is 1.78 bits per heavy atom. The van der Waals surface area contributed by atoms with Crippen LogP contribution in [0.1, 0.15) is 26.7 Å². The van der Waals surface area contributed by atoms with Crippen molar-refractivity contribution in [3.05, 3.63) is 35.1 Å². The van der Waals surface area contributed by atoms with Gasteiger partial charge in [0.1, 0.15) is 8.07 Å². The predicted molar refractivity (Wildman–Crippen MR) is 104 cm³/mol. The maximum absolute atomic E-state index is 3.52. The highest BCUT2D eigenvalue weighted by Crippen LogP contribution is 2.20. The average Bonchev–Trinajstić information content (AvgIpc) is 2.48. The Kier molecular flexibility index (Phi) is 6.32. The molecule has 2 rings (SSSR count). The maximum Gasteiger partial charge on any atom is 0.129 e. The van der Waals surface area contributed by atoms with Crippen LogP contribution in [0, 0.1) is 11.5 Å². The van der Waals surface area contributed by atoms with E-state index in [-0.39, 0.29) is 0 Å². The Hall–Kier alpha value is -1.24. The van der Waals surface area contributed by atoms with E-state index in [1.807, 2.05) is 0 Å². The molecule has 2 aliphatic rings. The first-order chi connectivity index (χ1) is 10.9. The number of allylic oxidation sites excluding steroid dienone is 5. The van der Waals surface area contributed by atoms with Gasteiger partial charge in [-0.15, -0.1) is 5.54 Å². The monoisotopic (exact) mass is 328 g/mol. The lowest BCUT2D eigenvalue weighted by Crippen LogP contribution is -2.45. The van der Waals surface area contributed by atoms with Gasteiger partial charge in [-0.3, -0.25) is 0 Å². The van der Waals surface area contributed by atoms with Crippen molar-refractivity contribution in [2.45, 2.75) is 46.3 Å². The van der Waals surface area contributed by atoms with Crippen LogP contribution in [0.3, 0.4) is 0 Å². The summed E-state index contributed by atoms with van der Waals surface area (Å²) in [5.74, 6) is 3.47. The Balaban J connectivity index is 2.21. The van der Waals surface area contributed by atoms with E-state index < -0.39 is 8.07 Å². The highest BCUT2D eigenvalue weighted by Gasteiger charge is 2.17. The molecule has 1 aliphatic heterocycles. The van der Waals surface area contributed by atoms with Gasteiger partial charge in [-0.1, -0.05) is 44.1 Å². The molecule has 23 heavy (non-hydrogen) atoms. The van der Waals surface area contributed by atoms with Gasteiger partial charge in [0, 0.05) is 37.4 Å². The topological polar surface area (TPSA) is 6.48 Å². The van der Waals surface area contributed by atoms with Crippen molar-refractivity contribution in [3.8, 4) is 11.5 Å². The maximum atomic E-state index is 3.52. The van der Waals surface area contributed by atoms with Crippen LogP contribution in [0.15, 0.2) is 35.1 Å². The van der Waals surface area contributed by atoms with E-state index in [1.54, 1.807) is 0 Å². The molecule has 126 valence electrons. The highest BCUT2D eigenvalue weighted by molar-refractivity contribution is 6.83. The minimum absolute atomic E-state index is 1.13. The van der Waals surface area contributed by atoms with Crippen LogP contribution in [0.2, 0.25) is 19.6 Å². The first kappa shape index (κ1) is 18.1. The SMILES string of the molecule is CCN1CCN(C2=CCC/C(C)=C/C(C#C[Si](C)(C)C)=C2)CC1. The largest absolute Gasteiger partial charge is 0.369 e. The molecule has 0 aromatic rings. The number of likely N-dealkylation sites (N-methyl/N-ethyl adjacent to an activating group) is 1. The molecule has 0 radical (unpaired) electrons. The molecule has 0 saturated carbocycles. The molecule has 1 saturated heterocycles. The second-order valence-electron chi connectivity index (χ2n) is 7.68. The zero-order chi connectivity index (χ0) is 16.9. The smallest absolute Gasteiger partial charge is 0.129 e. The summed E-state index contributed by atoms with van der Waals surface area (Å²) in [4.78, 5) is 5.07. The number of hydrogen-bond donors (Lipinski definition) is 0. The van der Waals surface area contributed by atoms with E-state index in [1.165, 1.54) is 29.9 Å². The predicted octanol–water partition coefficient (Wildman–Crippen LogP) is 4.06. The fourth-order valence-electron chi connectivity index (χ4n) is 2.92. The minimum Gasteiger partial charge on any atom is -0.369 e. The number of nitrogens with zero attached hydrogens (tertiary/aromatic N) is 2. The second kappa shape index (κ2) is 8.03. The van der Waals surface area contributed by atoms with Crippen molar-refractivity contribution in [3.63, 3.8) is 0 Å². The Morgan fingerprint density at radius 3 is 2.39 bits per heavy atom. The molecular formula is C20H32N2Si. The molecule has 2 nitrogen and oxygen atoms in total. The lowest BCUT2D eigenvalue weighted by molar-refractivity contribution is 0.168. The van der Waals surface area contributed by atoms with Crippen LogP contribution in [0.25, 0.3) is 0 Å². The normalized spacial score (nSPS) is 22.8. The molecule has 0 atom stereocenters. The lowest BCUT2D eigenvalue weighted by Gasteiger charge is -2.36. The second-order valence-corrected chi connectivity index (χ2v) is 12.4. The van der Waals surface area contributed by atoms with Gasteiger partial charge in [-0.2, -0.15) is 0 Å². The standard InChI is InChI=1S/C20H32N2Si/c1-6-21-11-13-22(14-12-21)20-9-7-8-18(2)16-19(17-20)10-15-23(3,4)5/h9,16-17H,6-8,11-14H2,1-5H3/b18-16+,19-17?,20-9?. The summed E-state index contributed by atoms with van der Waals surface area (Å²) in [5, 5.41) is 0. The van der Waals surface area contributed by atoms with Crippen LogP contribution in [0.5, 0.6) is 0 Å². The molecular weight excluding hydrogens is 296 g/mol. The summed E-state index contributed by atoms with van der Waals surface area (Å²) < 4.78 is 0. The molecule has 3 heteroatoms. The van der Waals surface area contributed by atoms with Crippen molar-refractivity contribution in [2.24, 2.45) is 0 Å². The van der Waals surface area contributed by atoms with Gasteiger partial charge in [0.15, 0.2) is 0 Å². The van der Waals surface area contributed by atoms with Crippen LogP contribution < -0.4 is 0 Å². The van der Waals surface area contributed by atoms with E-state index >= 15 is 0 Å². The van der Waals surface area contributed by atoms with E-state index in [9.17, 15) is 0 Å².